The Labute approximate surface area is 294 Å². The fourth-order valence-electron chi connectivity index (χ4n) is 6.18. The summed E-state index contributed by atoms with van der Waals surface area (Å²) >= 11 is 5.46. The molecule has 2 aliphatic rings. The molecule has 14 heteroatoms. The summed E-state index contributed by atoms with van der Waals surface area (Å²) in [6.45, 7) is 3.40. The lowest BCUT2D eigenvalue weighted by Crippen LogP contribution is -2.60. The summed E-state index contributed by atoms with van der Waals surface area (Å²) in [5, 5.41) is 114. The van der Waals surface area contributed by atoms with E-state index in [2.05, 4.69) is 12.7 Å². The largest absolute Gasteiger partial charge is 0.396 e. The van der Waals surface area contributed by atoms with E-state index >= 15 is 0 Å². The number of aliphatic hydroxyl groups is 11. The first-order chi connectivity index (χ1) is 23.3. The Hall–Kier alpha value is -1.27. The number of halogens is 1. The molecule has 13 nitrogen and oxygen atoms in total. The molecular formula is C35H59ClO13. The summed E-state index contributed by atoms with van der Waals surface area (Å²) < 4.78 is 11.2. The van der Waals surface area contributed by atoms with Gasteiger partial charge in [-0.15, -0.1) is 0 Å². The Morgan fingerprint density at radius 3 is 2.02 bits per heavy atom. The summed E-state index contributed by atoms with van der Waals surface area (Å²) in [7, 11) is 0. The first kappa shape index (κ1) is 43.9. The zero-order valence-corrected chi connectivity index (χ0v) is 28.8. The van der Waals surface area contributed by atoms with Crippen LogP contribution >= 0.6 is 11.6 Å². The third-order valence-corrected chi connectivity index (χ3v) is 9.44. The molecule has 0 aliphatic carbocycles. The molecule has 2 aliphatic heterocycles. The molecule has 0 spiro atoms. The van der Waals surface area contributed by atoms with E-state index < -0.39 is 85.5 Å². The molecule has 0 bridgehead atoms. The molecule has 11 N–H and O–H groups in total. The maximum Gasteiger partial charge on any atom is 0.115 e. The van der Waals surface area contributed by atoms with E-state index in [1.54, 1.807) is 12.2 Å². The highest BCUT2D eigenvalue weighted by Gasteiger charge is 2.47. The average molecular weight is 723 g/mol. The molecule has 2 heterocycles. The van der Waals surface area contributed by atoms with Gasteiger partial charge in [0.2, 0.25) is 0 Å². The molecule has 2 fully saturated rings. The molecule has 0 aromatic rings. The lowest BCUT2D eigenvalue weighted by Gasteiger charge is -2.43. The molecule has 2 saturated heterocycles. The van der Waals surface area contributed by atoms with Gasteiger partial charge in [0.05, 0.1) is 24.4 Å². The van der Waals surface area contributed by atoms with Crippen LogP contribution in [0.25, 0.3) is 0 Å². The van der Waals surface area contributed by atoms with Crippen molar-refractivity contribution < 1.29 is 65.6 Å². The summed E-state index contributed by atoms with van der Waals surface area (Å²) in [6.07, 6.45) is -4.06. The van der Waals surface area contributed by atoms with Crippen LogP contribution in [-0.4, -0.2) is 148 Å². The number of unbranched alkanes of at least 4 members (excludes halogenated alkanes) is 7. The Morgan fingerprint density at radius 1 is 0.755 bits per heavy atom. The van der Waals surface area contributed by atoms with Gasteiger partial charge in [-0.3, -0.25) is 0 Å². The SMILES string of the molecule is C=C(CC[C@@H](O)[C@H]1O[C@H](CCO)[C@@H](O)[C@@H](O)[C@@H]1O)[C@H](O)[C@H](O)[C@@H]1C[C@H](O)[C@H](O)[C@H]([C@H](O)[C@H](O)/C=C/CCCCCCCC/C=C/C=C/Cl)O1. The van der Waals surface area contributed by atoms with Crippen LogP contribution in [0.1, 0.15) is 77.0 Å². The van der Waals surface area contributed by atoms with Crippen LogP contribution in [0.4, 0.5) is 0 Å². The maximum absolute atomic E-state index is 10.9. The van der Waals surface area contributed by atoms with E-state index in [9.17, 15) is 56.2 Å². The van der Waals surface area contributed by atoms with Gasteiger partial charge in [0.15, 0.2) is 0 Å². The number of aliphatic hydroxyl groups excluding tert-OH is 11. The van der Waals surface area contributed by atoms with E-state index in [1.165, 1.54) is 11.6 Å². The fourth-order valence-corrected chi connectivity index (χ4v) is 6.27. The molecule has 0 radical (unpaired) electrons. The summed E-state index contributed by atoms with van der Waals surface area (Å²) in [5.41, 5.74) is 1.53. The Balaban J connectivity index is 1.81. The van der Waals surface area contributed by atoms with E-state index in [0.29, 0.717) is 6.42 Å². The van der Waals surface area contributed by atoms with Crippen LogP contribution in [0.2, 0.25) is 0 Å². The van der Waals surface area contributed by atoms with Crippen molar-refractivity contribution in [3.63, 3.8) is 0 Å². The molecule has 2 rings (SSSR count). The van der Waals surface area contributed by atoms with Crippen LogP contribution in [0.3, 0.4) is 0 Å². The van der Waals surface area contributed by atoms with Gasteiger partial charge in [-0.05, 0) is 50.5 Å². The zero-order valence-electron chi connectivity index (χ0n) is 28.1. The third kappa shape index (κ3) is 14.0. The molecule has 0 unspecified atom stereocenters. The van der Waals surface area contributed by atoms with Crippen molar-refractivity contribution in [2.45, 2.75) is 163 Å². The van der Waals surface area contributed by atoms with Gasteiger partial charge in [-0.25, -0.2) is 0 Å². The molecule has 0 amide bonds. The van der Waals surface area contributed by atoms with Gasteiger partial charge >= 0.3 is 0 Å². The van der Waals surface area contributed by atoms with Gasteiger partial charge in [-0.1, -0.05) is 74.2 Å². The van der Waals surface area contributed by atoms with E-state index in [4.69, 9.17) is 21.1 Å². The van der Waals surface area contributed by atoms with Crippen LogP contribution in [0, 0.1) is 0 Å². The fraction of sp³-hybridized carbons (Fsp3) is 0.771. The number of hydrogen-bond acceptors (Lipinski definition) is 13. The smallest absolute Gasteiger partial charge is 0.115 e. The summed E-state index contributed by atoms with van der Waals surface area (Å²) in [5.74, 6) is 0. The number of rotatable bonds is 22. The molecular weight excluding hydrogens is 664 g/mol. The second-order valence-electron chi connectivity index (χ2n) is 13.1. The highest BCUT2D eigenvalue weighted by molar-refractivity contribution is 6.25. The first-order valence-corrected chi connectivity index (χ1v) is 17.8. The second kappa shape index (κ2) is 23.3. The molecule has 14 atom stereocenters. The van der Waals surface area contributed by atoms with Gasteiger partial charge in [0.25, 0.3) is 0 Å². The lowest BCUT2D eigenvalue weighted by molar-refractivity contribution is -0.245. The quantitative estimate of drug-likeness (QED) is 0.0408. The van der Waals surface area contributed by atoms with Crippen LogP contribution in [0.15, 0.2) is 48.1 Å². The zero-order chi connectivity index (χ0) is 36.5. The number of ether oxygens (including phenoxy) is 2. The van der Waals surface area contributed by atoms with Crippen molar-refractivity contribution in [1.29, 1.82) is 0 Å². The Bertz CT molecular complexity index is 1010. The standard InChI is InChI=1S/C35H59ClO13/c1-21(15-16-23(39)34-33(47)32(46)30(44)25(48-34)17-19-37)27(41)31(45)26-20-24(40)29(43)35(49-26)28(42)22(38)14-12-10-8-6-4-2-3-5-7-9-11-13-18-36/h9,11-14,18,22-35,37-47H,1-8,10,15-17,19-20H2/b11-9+,14-12+,18-13+/t22-,23-,24+,25-,26+,27+,28-,29+,30-,31-,32-,33+,34-,35+/m1/s1. The van der Waals surface area contributed by atoms with Crippen molar-refractivity contribution in [1.82, 2.24) is 0 Å². The molecule has 0 aromatic heterocycles. The van der Waals surface area contributed by atoms with E-state index in [0.717, 1.165) is 44.9 Å². The molecule has 0 aromatic carbocycles. The number of allylic oxidation sites excluding steroid dienone is 4. The Morgan fingerprint density at radius 2 is 1.39 bits per heavy atom. The highest BCUT2D eigenvalue weighted by atomic mass is 35.5. The maximum atomic E-state index is 10.9. The van der Waals surface area contributed by atoms with Crippen molar-refractivity contribution in [3.05, 3.63) is 48.1 Å². The monoisotopic (exact) mass is 722 g/mol. The molecule has 284 valence electrons. The van der Waals surface area contributed by atoms with Gasteiger partial charge in [0, 0.05) is 18.6 Å². The van der Waals surface area contributed by atoms with Crippen LogP contribution in [0.5, 0.6) is 0 Å². The van der Waals surface area contributed by atoms with Gasteiger partial charge in [0.1, 0.15) is 61.0 Å². The molecule has 49 heavy (non-hydrogen) atoms. The first-order valence-electron chi connectivity index (χ1n) is 17.3. The lowest BCUT2D eigenvalue weighted by atomic mass is 9.86. The predicted octanol–water partition coefficient (Wildman–Crippen LogP) is 0.225. The summed E-state index contributed by atoms with van der Waals surface area (Å²) in [4.78, 5) is 0. The second-order valence-corrected chi connectivity index (χ2v) is 13.4. The third-order valence-electron chi connectivity index (χ3n) is 9.29. The van der Waals surface area contributed by atoms with Crippen molar-refractivity contribution in [3.8, 4) is 0 Å². The van der Waals surface area contributed by atoms with Crippen molar-refractivity contribution >= 4 is 11.6 Å². The topological polar surface area (TPSA) is 241 Å². The van der Waals surface area contributed by atoms with Gasteiger partial charge in [-0.2, -0.15) is 0 Å². The van der Waals surface area contributed by atoms with E-state index in [1.807, 2.05) is 6.08 Å². The van der Waals surface area contributed by atoms with E-state index in [-0.39, 0.29) is 37.9 Å². The average Bonchev–Trinajstić information content (AvgIpc) is 3.09. The highest BCUT2D eigenvalue weighted by Crippen LogP contribution is 2.30. The van der Waals surface area contributed by atoms with Crippen LogP contribution in [-0.2, 0) is 9.47 Å². The normalized spacial score (nSPS) is 32.9. The number of hydrogen-bond donors (Lipinski definition) is 11. The van der Waals surface area contributed by atoms with Crippen LogP contribution < -0.4 is 0 Å². The predicted molar refractivity (Wildman–Crippen MR) is 182 cm³/mol. The van der Waals surface area contributed by atoms with Crippen molar-refractivity contribution in [2.75, 3.05) is 6.61 Å². The summed E-state index contributed by atoms with van der Waals surface area (Å²) in [6, 6.07) is 0. The van der Waals surface area contributed by atoms with Gasteiger partial charge < -0.3 is 65.6 Å². The minimum absolute atomic E-state index is 0.0366. The molecule has 0 saturated carbocycles. The van der Waals surface area contributed by atoms with Crippen molar-refractivity contribution in [2.24, 2.45) is 0 Å². The Kier molecular flexibility index (Phi) is 20.9. The minimum atomic E-state index is -1.67. The minimum Gasteiger partial charge on any atom is -0.396 e.